The Hall–Kier alpha value is -2.34. The molecule has 33 heavy (non-hydrogen) atoms. The fraction of sp³-hybridized carbons (Fsp3) is 0.522. The van der Waals surface area contributed by atoms with E-state index in [2.05, 4.69) is 32.5 Å². The summed E-state index contributed by atoms with van der Waals surface area (Å²) in [5.41, 5.74) is 2.01. The minimum atomic E-state index is -0.122. The Morgan fingerprint density at radius 3 is 2.58 bits per heavy atom. The summed E-state index contributed by atoms with van der Waals surface area (Å²) >= 11 is 0. The lowest BCUT2D eigenvalue weighted by Crippen LogP contribution is -2.52. The molecule has 182 valence electrons. The van der Waals surface area contributed by atoms with E-state index in [0.29, 0.717) is 18.8 Å². The van der Waals surface area contributed by atoms with Crippen molar-refractivity contribution in [3.05, 3.63) is 47.3 Å². The van der Waals surface area contributed by atoms with Crippen LogP contribution in [-0.2, 0) is 17.9 Å². The smallest absolute Gasteiger partial charge is 0.257 e. The van der Waals surface area contributed by atoms with Gasteiger partial charge in [-0.2, -0.15) is 0 Å². The van der Waals surface area contributed by atoms with E-state index in [-0.39, 0.29) is 36.5 Å². The molecule has 0 spiro atoms. The number of nitrogens with one attached hydrogen (secondary N) is 2. The number of ether oxygens (including phenoxy) is 1. The maximum absolute atomic E-state index is 11.6. The van der Waals surface area contributed by atoms with Gasteiger partial charge in [0.05, 0.1) is 12.2 Å². The number of amides is 1. The van der Waals surface area contributed by atoms with Crippen molar-refractivity contribution in [1.29, 1.82) is 0 Å². The van der Waals surface area contributed by atoms with Crippen LogP contribution in [-0.4, -0.2) is 72.7 Å². The second kappa shape index (κ2) is 14.0. The van der Waals surface area contributed by atoms with Crippen molar-refractivity contribution in [2.24, 2.45) is 4.99 Å². The van der Waals surface area contributed by atoms with Gasteiger partial charge in [-0.15, -0.1) is 24.0 Å². The molecule has 9 nitrogen and oxygen atoms in total. The van der Waals surface area contributed by atoms with Crippen molar-refractivity contribution in [3.63, 3.8) is 0 Å². The van der Waals surface area contributed by atoms with Crippen LogP contribution in [0.15, 0.2) is 39.8 Å². The highest BCUT2D eigenvalue weighted by molar-refractivity contribution is 14.0. The van der Waals surface area contributed by atoms with Crippen molar-refractivity contribution < 1.29 is 14.1 Å². The predicted octanol–water partition coefficient (Wildman–Crippen LogP) is 2.40. The molecule has 2 aromatic rings. The van der Waals surface area contributed by atoms with Gasteiger partial charge < -0.3 is 24.8 Å². The molecule has 1 aromatic heterocycles. The highest BCUT2D eigenvalue weighted by Crippen LogP contribution is 2.15. The van der Waals surface area contributed by atoms with Crippen LogP contribution in [0.5, 0.6) is 5.75 Å². The zero-order valence-electron chi connectivity index (χ0n) is 19.7. The number of benzene rings is 1. The number of hydrogen-bond donors (Lipinski definition) is 2. The normalized spacial score (nSPS) is 14.5. The molecule has 1 amide bonds. The Kier molecular flexibility index (Phi) is 11.4. The number of halogens is 1. The summed E-state index contributed by atoms with van der Waals surface area (Å²) in [6, 6.07) is 9.72. The predicted molar refractivity (Wildman–Crippen MR) is 139 cm³/mol. The largest absolute Gasteiger partial charge is 0.484 e. The van der Waals surface area contributed by atoms with Crippen molar-refractivity contribution in [2.75, 3.05) is 45.9 Å². The van der Waals surface area contributed by atoms with Gasteiger partial charge in [-0.1, -0.05) is 17.3 Å². The molecule has 0 aliphatic carbocycles. The minimum Gasteiger partial charge on any atom is -0.484 e. The maximum Gasteiger partial charge on any atom is 0.257 e. The average Bonchev–Trinajstić information content (AvgIpc) is 3.21. The van der Waals surface area contributed by atoms with Crippen molar-refractivity contribution in [3.8, 4) is 5.75 Å². The maximum atomic E-state index is 11.6. The molecule has 0 bridgehead atoms. The topological polar surface area (TPSA) is 95.2 Å². The van der Waals surface area contributed by atoms with Gasteiger partial charge in [0, 0.05) is 51.9 Å². The molecule has 0 saturated carbocycles. The second-order valence-electron chi connectivity index (χ2n) is 7.75. The monoisotopic (exact) mass is 570 g/mol. The van der Waals surface area contributed by atoms with Crippen LogP contribution in [0.3, 0.4) is 0 Å². The summed E-state index contributed by atoms with van der Waals surface area (Å²) in [7, 11) is 0. The lowest BCUT2D eigenvalue weighted by Gasteiger charge is -2.36. The fourth-order valence-corrected chi connectivity index (χ4v) is 3.56. The summed E-state index contributed by atoms with van der Waals surface area (Å²) < 4.78 is 10.8. The lowest BCUT2D eigenvalue weighted by molar-refractivity contribution is -0.122. The molecule has 1 saturated heterocycles. The Balaban J connectivity index is 0.00000385. The van der Waals surface area contributed by atoms with Gasteiger partial charge in [0.2, 0.25) is 0 Å². The molecule has 1 aliphatic rings. The molecule has 0 atom stereocenters. The molecule has 0 unspecified atom stereocenters. The first-order chi connectivity index (χ1) is 15.6. The number of carbonyl (C=O) groups excluding carboxylic acids is 1. The van der Waals surface area contributed by atoms with E-state index in [1.165, 1.54) is 0 Å². The first-order valence-electron chi connectivity index (χ1n) is 11.2. The van der Waals surface area contributed by atoms with Gasteiger partial charge >= 0.3 is 0 Å². The number of aryl methyl sites for hydroxylation is 1. The van der Waals surface area contributed by atoms with Crippen LogP contribution in [0, 0.1) is 6.92 Å². The number of aliphatic imine (C=N–C) groups is 1. The Morgan fingerprint density at radius 2 is 1.91 bits per heavy atom. The van der Waals surface area contributed by atoms with E-state index in [9.17, 15) is 4.79 Å². The fourth-order valence-electron chi connectivity index (χ4n) is 3.56. The summed E-state index contributed by atoms with van der Waals surface area (Å²) in [5.74, 6) is 2.31. The number of carbonyl (C=O) groups is 1. The first-order valence-corrected chi connectivity index (χ1v) is 11.2. The molecule has 0 radical (unpaired) electrons. The molecular formula is C23H35IN6O3. The van der Waals surface area contributed by atoms with E-state index in [1.54, 1.807) is 0 Å². The van der Waals surface area contributed by atoms with Crippen molar-refractivity contribution in [1.82, 2.24) is 25.6 Å². The summed E-state index contributed by atoms with van der Waals surface area (Å²) in [5, 5.41) is 10.2. The van der Waals surface area contributed by atoms with Gasteiger partial charge in [-0.3, -0.25) is 9.69 Å². The van der Waals surface area contributed by atoms with Crippen LogP contribution in [0.2, 0.25) is 0 Å². The standard InChI is InChI=1S/C23H34N6O3.HI/c1-4-24-22(30)17-31-21-8-6-7-19(14-21)15-26-23(25-5-2)29-11-9-28(10-12-29)16-20-13-18(3)32-27-20;/h6-8,13-14H,4-5,9-12,15-17H2,1-3H3,(H,24,30)(H,25,26);1H. The Morgan fingerprint density at radius 1 is 1.15 bits per heavy atom. The summed E-state index contributed by atoms with van der Waals surface area (Å²) in [6.07, 6.45) is 0. The third-order valence-corrected chi connectivity index (χ3v) is 5.12. The highest BCUT2D eigenvalue weighted by Gasteiger charge is 2.20. The highest BCUT2D eigenvalue weighted by atomic mass is 127. The van der Waals surface area contributed by atoms with Crippen molar-refractivity contribution in [2.45, 2.75) is 33.9 Å². The molecular weight excluding hydrogens is 535 g/mol. The zero-order valence-corrected chi connectivity index (χ0v) is 22.0. The molecule has 2 heterocycles. The molecule has 3 rings (SSSR count). The quantitative estimate of drug-likeness (QED) is 0.272. The van der Waals surface area contributed by atoms with E-state index >= 15 is 0 Å². The number of nitrogens with zero attached hydrogens (tertiary/aromatic N) is 4. The van der Waals surface area contributed by atoms with E-state index < -0.39 is 0 Å². The van der Waals surface area contributed by atoms with Crippen LogP contribution in [0.25, 0.3) is 0 Å². The third kappa shape index (κ3) is 8.84. The van der Waals surface area contributed by atoms with Crippen LogP contribution < -0.4 is 15.4 Å². The summed E-state index contributed by atoms with van der Waals surface area (Å²) in [4.78, 5) is 21.1. The lowest BCUT2D eigenvalue weighted by atomic mass is 10.2. The van der Waals surface area contributed by atoms with Gasteiger partial charge in [0.1, 0.15) is 11.5 Å². The van der Waals surface area contributed by atoms with E-state index in [1.807, 2.05) is 44.2 Å². The molecule has 1 aliphatic heterocycles. The first kappa shape index (κ1) is 26.9. The van der Waals surface area contributed by atoms with Crippen LogP contribution >= 0.6 is 24.0 Å². The molecule has 2 N–H and O–H groups in total. The SMILES string of the molecule is CCNC(=O)COc1cccc(CN=C(NCC)N2CCN(Cc3cc(C)on3)CC2)c1.I. The number of rotatable bonds is 9. The Bertz CT molecular complexity index is 896. The third-order valence-electron chi connectivity index (χ3n) is 5.12. The number of aromatic nitrogens is 1. The minimum absolute atomic E-state index is 0. The average molecular weight is 570 g/mol. The number of piperazine rings is 1. The second-order valence-corrected chi connectivity index (χ2v) is 7.75. The van der Waals surface area contributed by atoms with Gasteiger partial charge in [0.25, 0.3) is 5.91 Å². The van der Waals surface area contributed by atoms with E-state index in [4.69, 9.17) is 14.3 Å². The number of hydrogen-bond acceptors (Lipinski definition) is 6. The Labute approximate surface area is 212 Å². The molecule has 1 fully saturated rings. The van der Waals surface area contributed by atoms with Crippen LogP contribution in [0.4, 0.5) is 0 Å². The summed E-state index contributed by atoms with van der Waals surface area (Å²) in [6.45, 7) is 12.3. The molecule has 1 aromatic carbocycles. The number of guanidine groups is 1. The molecule has 10 heteroatoms. The van der Waals surface area contributed by atoms with Crippen molar-refractivity contribution >= 4 is 35.8 Å². The van der Waals surface area contributed by atoms with E-state index in [0.717, 1.165) is 62.2 Å². The van der Waals surface area contributed by atoms with Gasteiger partial charge in [-0.05, 0) is 38.5 Å². The number of likely N-dealkylation sites (N-methyl/N-ethyl adjacent to an activating group) is 1. The zero-order chi connectivity index (χ0) is 22.8. The van der Waals surface area contributed by atoms with Gasteiger partial charge in [-0.25, -0.2) is 4.99 Å². The van der Waals surface area contributed by atoms with Gasteiger partial charge in [0.15, 0.2) is 12.6 Å². The van der Waals surface area contributed by atoms with Crippen LogP contribution in [0.1, 0.15) is 30.9 Å².